The Bertz CT molecular complexity index is 675. The van der Waals surface area contributed by atoms with E-state index in [0.29, 0.717) is 5.69 Å². The van der Waals surface area contributed by atoms with E-state index in [1.807, 2.05) is 52.0 Å². The molecule has 4 nitrogen and oxygen atoms in total. The van der Waals surface area contributed by atoms with Crippen LogP contribution in [0.25, 0.3) is 0 Å². The molecule has 0 saturated carbocycles. The number of nitrogens with one attached hydrogen (secondary N) is 2. The Morgan fingerprint density at radius 1 is 1.14 bits per heavy atom. The van der Waals surface area contributed by atoms with Gasteiger partial charge in [0.15, 0.2) is 0 Å². The van der Waals surface area contributed by atoms with Crippen molar-refractivity contribution in [2.24, 2.45) is 0 Å². The predicted molar refractivity (Wildman–Crippen MR) is 93.6 cm³/mol. The van der Waals surface area contributed by atoms with E-state index in [1.54, 1.807) is 12.3 Å². The van der Waals surface area contributed by atoms with Crippen LogP contribution < -0.4 is 10.6 Å². The van der Waals surface area contributed by atoms with Crippen LogP contribution in [0.3, 0.4) is 0 Å². The second kappa shape index (κ2) is 6.48. The first-order valence-electron chi connectivity index (χ1n) is 7.06. The number of carbonyl (C=O) groups excluding carboxylic acids is 1. The fourth-order valence-corrected chi connectivity index (χ4v) is 2.14. The Labute approximate surface area is 139 Å². The summed E-state index contributed by atoms with van der Waals surface area (Å²) in [5, 5.41) is 6.16. The number of pyridine rings is 1. The van der Waals surface area contributed by atoms with Gasteiger partial charge in [-0.15, -0.1) is 0 Å². The van der Waals surface area contributed by atoms with Crippen molar-refractivity contribution in [3.05, 3.63) is 52.3 Å². The summed E-state index contributed by atoms with van der Waals surface area (Å²) >= 11 is 3.48. The van der Waals surface area contributed by atoms with E-state index in [2.05, 4.69) is 31.5 Å². The van der Waals surface area contributed by atoms with Crippen LogP contribution in [0.2, 0.25) is 0 Å². The molecular weight excluding hydrogens is 342 g/mol. The highest BCUT2D eigenvalue weighted by atomic mass is 79.9. The van der Waals surface area contributed by atoms with Gasteiger partial charge in [-0.1, -0.05) is 15.9 Å². The molecule has 2 N–H and O–H groups in total. The summed E-state index contributed by atoms with van der Waals surface area (Å²) in [6.45, 7) is 7.86. The number of rotatable bonds is 3. The molecule has 0 atom stereocenters. The van der Waals surface area contributed by atoms with Crippen LogP contribution >= 0.6 is 15.9 Å². The Kier molecular flexibility index (Phi) is 4.86. The lowest BCUT2D eigenvalue weighted by atomic mass is 10.1. The van der Waals surface area contributed by atoms with Crippen LogP contribution in [0.15, 0.2) is 41.0 Å². The number of benzene rings is 1. The molecule has 0 saturated heterocycles. The van der Waals surface area contributed by atoms with Gasteiger partial charge < -0.3 is 10.6 Å². The summed E-state index contributed by atoms with van der Waals surface area (Å²) in [6.07, 6.45) is 1.66. The Morgan fingerprint density at radius 3 is 2.36 bits per heavy atom. The minimum Gasteiger partial charge on any atom is -0.354 e. The maximum atomic E-state index is 12.0. The molecule has 1 heterocycles. The number of aryl methyl sites for hydroxylation is 1. The molecule has 2 rings (SSSR count). The van der Waals surface area contributed by atoms with E-state index in [1.165, 1.54) is 0 Å². The van der Waals surface area contributed by atoms with Gasteiger partial charge in [0.1, 0.15) is 5.69 Å². The third-order valence-electron chi connectivity index (χ3n) is 2.93. The average molecular weight is 362 g/mol. The zero-order valence-electron chi connectivity index (χ0n) is 13.2. The quantitative estimate of drug-likeness (QED) is 0.850. The molecule has 0 aliphatic heterocycles. The molecule has 2 aromatic rings. The number of carbonyl (C=O) groups is 1. The molecule has 22 heavy (non-hydrogen) atoms. The van der Waals surface area contributed by atoms with E-state index in [0.717, 1.165) is 21.4 Å². The van der Waals surface area contributed by atoms with Gasteiger partial charge >= 0.3 is 0 Å². The van der Waals surface area contributed by atoms with E-state index in [9.17, 15) is 4.79 Å². The van der Waals surface area contributed by atoms with Gasteiger partial charge in [0, 0.05) is 15.7 Å². The van der Waals surface area contributed by atoms with Crippen LogP contribution in [-0.2, 0) is 0 Å². The molecule has 0 spiro atoms. The lowest BCUT2D eigenvalue weighted by molar-refractivity contribution is 0.0914. The number of aromatic nitrogens is 1. The second-order valence-electron chi connectivity index (χ2n) is 6.23. The fourth-order valence-electron chi connectivity index (χ4n) is 1.90. The van der Waals surface area contributed by atoms with Crippen molar-refractivity contribution >= 4 is 33.2 Å². The molecule has 0 radical (unpaired) electrons. The largest absolute Gasteiger partial charge is 0.354 e. The third-order valence-corrected chi connectivity index (χ3v) is 3.82. The Balaban J connectivity index is 2.08. The molecular formula is C17H20BrN3O. The van der Waals surface area contributed by atoms with Gasteiger partial charge in [0.05, 0.1) is 11.9 Å². The minimum absolute atomic E-state index is 0.168. The molecule has 5 heteroatoms. The predicted octanol–water partition coefficient (Wildman–Crippen LogP) is 4.42. The van der Waals surface area contributed by atoms with Crippen LogP contribution in [0, 0.1) is 6.92 Å². The summed E-state index contributed by atoms with van der Waals surface area (Å²) in [6, 6.07) is 9.59. The topological polar surface area (TPSA) is 54.0 Å². The molecule has 0 aliphatic carbocycles. The van der Waals surface area contributed by atoms with Crippen LogP contribution in [0.4, 0.5) is 11.4 Å². The van der Waals surface area contributed by atoms with Gasteiger partial charge in [0.25, 0.3) is 5.91 Å². The van der Waals surface area contributed by atoms with E-state index in [-0.39, 0.29) is 11.4 Å². The Hall–Kier alpha value is -1.88. The highest BCUT2D eigenvalue weighted by molar-refractivity contribution is 9.10. The molecule has 1 aromatic carbocycles. The number of anilines is 2. The fraction of sp³-hybridized carbons (Fsp3) is 0.294. The smallest absolute Gasteiger partial charge is 0.270 e. The number of nitrogens with zero attached hydrogens (tertiary/aromatic N) is 1. The maximum Gasteiger partial charge on any atom is 0.270 e. The van der Waals surface area contributed by atoms with Crippen molar-refractivity contribution in [2.45, 2.75) is 33.2 Å². The summed E-state index contributed by atoms with van der Waals surface area (Å²) in [5.74, 6) is -0.168. The van der Waals surface area contributed by atoms with E-state index < -0.39 is 0 Å². The number of hydrogen-bond donors (Lipinski definition) is 2. The number of amides is 1. The van der Waals surface area contributed by atoms with Crippen molar-refractivity contribution in [3.8, 4) is 0 Å². The van der Waals surface area contributed by atoms with Crippen LogP contribution in [-0.4, -0.2) is 16.4 Å². The summed E-state index contributed by atoms with van der Waals surface area (Å²) in [4.78, 5) is 16.2. The van der Waals surface area contributed by atoms with Gasteiger partial charge in [-0.25, -0.2) is 4.98 Å². The van der Waals surface area contributed by atoms with Gasteiger partial charge in [-0.2, -0.15) is 0 Å². The first-order valence-corrected chi connectivity index (χ1v) is 7.86. The zero-order valence-corrected chi connectivity index (χ0v) is 14.8. The first-order chi connectivity index (χ1) is 10.2. The molecule has 0 unspecified atom stereocenters. The maximum absolute atomic E-state index is 12.0. The normalized spacial score (nSPS) is 11.1. The minimum atomic E-state index is -0.273. The monoisotopic (exact) mass is 361 g/mol. The molecule has 116 valence electrons. The Morgan fingerprint density at radius 2 is 1.82 bits per heavy atom. The molecule has 1 amide bonds. The van der Waals surface area contributed by atoms with Gasteiger partial charge in [-0.3, -0.25) is 4.79 Å². The lowest BCUT2D eigenvalue weighted by Gasteiger charge is -2.20. The van der Waals surface area contributed by atoms with Crippen molar-refractivity contribution in [2.75, 3.05) is 5.32 Å². The molecule has 1 aromatic heterocycles. The average Bonchev–Trinajstić information content (AvgIpc) is 2.42. The standard InChI is InChI=1S/C17H20BrN3O/c1-11-9-12(5-7-14(11)18)20-13-6-8-15(19-10-13)16(22)21-17(2,3)4/h5-10,20H,1-4H3,(H,21,22). The molecule has 0 aliphatic rings. The first kappa shape index (κ1) is 16.5. The van der Waals surface area contributed by atoms with Crippen molar-refractivity contribution in [1.82, 2.24) is 10.3 Å². The molecule has 0 bridgehead atoms. The van der Waals surface area contributed by atoms with Gasteiger partial charge in [-0.05, 0) is 63.6 Å². The van der Waals surface area contributed by atoms with Gasteiger partial charge in [0.2, 0.25) is 0 Å². The summed E-state index contributed by atoms with van der Waals surface area (Å²) in [7, 11) is 0. The number of halogens is 1. The second-order valence-corrected chi connectivity index (χ2v) is 7.08. The van der Waals surface area contributed by atoms with Crippen molar-refractivity contribution in [3.63, 3.8) is 0 Å². The third kappa shape index (κ3) is 4.56. The van der Waals surface area contributed by atoms with Crippen molar-refractivity contribution in [1.29, 1.82) is 0 Å². The summed E-state index contributed by atoms with van der Waals surface area (Å²) < 4.78 is 1.07. The van der Waals surface area contributed by atoms with E-state index in [4.69, 9.17) is 0 Å². The van der Waals surface area contributed by atoms with E-state index >= 15 is 0 Å². The zero-order chi connectivity index (χ0) is 16.3. The number of hydrogen-bond acceptors (Lipinski definition) is 3. The highest BCUT2D eigenvalue weighted by Crippen LogP contribution is 2.22. The van der Waals surface area contributed by atoms with Crippen LogP contribution in [0.5, 0.6) is 0 Å². The summed E-state index contributed by atoms with van der Waals surface area (Å²) in [5.41, 5.74) is 3.11. The van der Waals surface area contributed by atoms with Crippen LogP contribution in [0.1, 0.15) is 36.8 Å². The SMILES string of the molecule is Cc1cc(Nc2ccc(C(=O)NC(C)(C)C)nc2)ccc1Br. The lowest BCUT2D eigenvalue weighted by Crippen LogP contribution is -2.40. The highest BCUT2D eigenvalue weighted by Gasteiger charge is 2.15. The molecule has 0 fully saturated rings. The van der Waals surface area contributed by atoms with Crippen molar-refractivity contribution < 1.29 is 4.79 Å².